The quantitative estimate of drug-likeness (QED) is 0.537. The van der Waals surface area contributed by atoms with Crippen molar-refractivity contribution in [1.82, 2.24) is 25.0 Å². The lowest BCUT2D eigenvalue weighted by molar-refractivity contribution is 0.102. The number of nitrogens with one attached hydrogen (secondary N) is 2. The van der Waals surface area contributed by atoms with Crippen molar-refractivity contribution in [2.24, 2.45) is 0 Å². The van der Waals surface area contributed by atoms with Crippen LogP contribution in [-0.2, 0) is 6.54 Å². The van der Waals surface area contributed by atoms with Crippen molar-refractivity contribution >= 4 is 23.5 Å². The van der Waals surface area contributed by atoms with E-state index in [-0.39, 0.29) is 24.0 Å². The number of aromatic amines is 1. The van der Waals surface area contributed by atoms with E-state index in [1.54, 1.807) is 36.4 Å². The zero-order chi connectivity index (χ0) is 19.5. The number of H-pyrrole nitrogens is 1. The largest absolute Gasteiger partial charge is 0.288 e. The zero-order valence-electron chi connectivity index (χ0n) is 14.4. The molecule has 1 amide bonds. The molecule has 0 fully saturated rings. The van der Waals surface area contributed by atoms with Gasteiger partial charge in [0.1, 0.15) is 17.8 Å². The Morgan fingerprint density at radius 1 is 1.18 bits per heavy atom. The molecule has 2 N–H and O–H groups in total. The fraction of sp³-hybridized carbons (Fsp3) is 0.0526. The van der Waals surface area contributed by atoms with Crippen LogP contribution in [0.3, 0.4) is 0 Å². The lowest BCUT2D eigenvalue weighted by atomic mass is 10.1. The van der Waals surface area contributed by atoms with Crippen LogP contribution in [0.15, 0.2) is 60.9 Å². The van der Waals surface area contributed by atoms with Gasteiger partial charge in [-0.1, -0.05) is 41.9 Å². The van der Waals surface area contributed by atoms with E-state index in [1.165, 1.54) is 17.1 Å². The van der Waals surface area contributed by atoms with Crippen LogP contribution in [0.1, 0.15) is 16.1 Å². The van der Waals surface area contributed by atoms with Gasteiger partial charge in [0.2, 0.25) is 5.95 Å². The summed E-state index contributed by atoms with van der Waals surface area (Å²) in [7, 11) is 0. The predicted octanol–water partition coefficient (Wildman–Crippen LogP) is 3.76. The highest BCUT2D eigenvalue weighted by molar-refractivity contribution is 6.30. The molecule has 0 aliphatic heterocycles. The number of rotatable bonds is 5. The number of halogens is 2. The third-order valence-electron chi connectivity index (χ3n) is 4.01. The van der Waals surface area contributed by atoms with Gasteiger partial charge in [-0.05, 0) is 24.3 Å². The molecule has 0 unspecified atom stereocenters. The first kappa shape index (κ1) is 17.9. The van der Waals surface area contributed by atoms with Crippen LogP contribution >= 0.6 is 11.6 Å². The molecule has 0 saturated heterocycles. The molecule has 2 aromatic heterocycles. The Balaban J connectivity index is 1.44. The number of hydrogen-bond acceptors (Lipinski definition) is 4. The van der Waals surface area contributed by atoms with E-state index in [2.05, 4.69) is 25.6 Å². The summed E-state index contributed by atoms with van der Waals surface area (Å²) in [5, 5.41) is 14.2. The summed E-state index contributed by atoms with van der Waals surface area (Å²) in [5.41, 5.74) is 2.17. The third kappa shape index (κ3) is 3.91. The number of aromatic nitrogens is 5. The lowest BCUT2D eigenvalue weighted by Gasteiger charge is -2.02. The van der Waals surface area contributed by atoms with Gasteiger partial charge in [0.15, 0.2) is 0 Å². The standard InChI is InChI=1S/C19H14ClFN6O/c20-14-7-5-12(6-8-14)16-9-17(25-24-16)18(28)23-19-22-11-27(26-19)10-13-3-1-2-4-15(13)21/h1-9,11H,10H2,(H,24,25)(H,23,26,28). The van der Waals surface area contributed by atoms with Gasteiger partial charge in [0, 0.05) is 16.1 Å². The average Bonchev–Trinajstić information content (AvgIpc) is 3.34. The van der Waals surface area contributed by atoms with Gasteiger partial charge in [-0.3, -0.25) is 15.2 Å². The number of carbonyl (C=O) groups excluding carboxylic acids is 1. The SMILES string of the molecule is O=C(Nc1ncn(Cc2ccccc2F)n1)c1cc(-c2ccc(Cl)cc2)n[nH]1. The fourth-order valence-corrected chi connectivity index (χ4v) is 2.73. The molecule has 2 heterocycles. The van der Waals surface area contributed by atoms with Crippen molar-refractivity contribution in [2.45, 2.75) is 6.54 Å². The molecule has 9 heteroatoms. The van der Waals surface area contributed by atoms with Gasteiger partial charge in [-0.25, -0.2) is 14.1 Å². The molecule has 28 heavy (non-hydrogen) atoms. The Labute approximate surface area is 164 Å². The lowest BCUT2D eigenvalue weighted by Crippen LogP contribution is -2.14. The van der Waals surface area contributed by atoms with Crippen LogP contribution in [0.2, 0.25) is 5.02 Å². The summed E-state index contributed by atoms with van der Waals surface area (Å²) >= 11 is 5.88. The molecule has 140 valence electrons. The smallest absolute Gasteiger partial charge is 0.276 e. The Bertz CT molecular complexity index is 1120. The van der Waals surface area contributed by atoms with Crippen molar-refractivity contribution in [3.63, 3.8) is 0 Å². The minimum atomic E-state index is -0.434. The van der Waals surface area contributed by atoms with E-state index in [0.29, 0.717) is 16.3 Å². The molecule has 0 aliphatic carbocycles. The van der Waals surface area contributed by atoms with Gasteiger partial charge in [-0.15, -0.1) is 5.10 Å². The molecule has 4 aromatic rings. The molecule has 0 bridgehead atoms. The van der Waals surface area contributed by atoms with Gasteiger partial charge >= 0.3 is 0 Å². The molecule has 0 saturated carbocycles. The molecule has 0 aliphatic rings. The first-order valence-electron chi connectivity index (χ1n) is 8.34. The molecule has 0 atom stereocenters. The molecular weight excluding hydrogens is 383 g/mol. The fourth-order valence-electron chi connectivity index (χ4n) is 2.60. The summed E-state index contributed by atoms with van der Waals surface area (Å²) < 4.78 is 15.2. The highest BCUT2D eigenvalue weighted by atomic mass is 35.5. The van der Waals surface area contributed by atoms with Gasteiger partial charge < -0.3 is 0 Å². The summed E-state index contributed by atoms with van der Waals surface area (Å²) in [4.78, 5) is 16.4. The highest BCUT2D eigenvalue weighted by Gasteiger charge is 2.14. The number of nitrogens with zero attached hydrogens (tertiary/aromatic N) is 4. The Kier molecular flexibility index (Phi) is 4.86. The van der Waals surface area contributed by atoms with E-state index < -0.39 is 5.91 Å². The Morgan fingerprint density at radius 3 is 2.75 bits per heavy atom. The summed E-state index contributed by atoms with van der Waals surface area (Å²) in [5.74, 6) is -0.642. The Morgan fingerprint density at radius 2 is 1.96 bits per heavy atom. The van der Waals surface area contributed by atoms with Crippen molar-refractivity contribution in [1.29, 1.82) is 0 Å². The maximum Gasteiger partial charge on any atom is 0.276 e. The summed E-state index contributed by atoms with van der Waals surface area (Å²) in [6.07, 6.45) is 1.42. The van der Waals surface area contributed by atoms with E-state index >= 15 is 0 Å². The topological polar surface area (TPSA) is 88.5 Å². The van der Waals surface area contributed by atoms with Crippen LogP contribution in [-0.4, -0.2) is 30.9 Å². The molecule has 7 nitrogen and oxygen atoms in total. The maximum atomic E-state index is 13.7. The molecule has 0 spiro atoms. The molecule has 4 rings (SSSR count). The average molecular weight is 397 g/mol. The van der Waals surface area contributed by atoms with Crippen LogP contribution < -0.4 is 5.32 Å². The van der Waals surface area contributed by atoms with Crippen LogP contribution in [0, 0.1) is 5.82 Å². The molecule has 2 aromatic carbocycles. The minimum Gasteiger partial charge on any atom is -0.288 e. The van der Waals surface area contributed by atoms with Crippen molar-refractivity contribution in [3.8, 4) is 11.3 Å². The number of benzene rings is 2. The van der Waals surface area contributed by atoms with Crippen molar-refractivity contribution < 1.29 is 9.18 Å². The van der Waals surface area contributed by atoms with E-state index in [4.69, 9.17) is 11.6 Å². The number of anilines is 1. The maximum absolute atomic E-state index is 13.7. The zero-order valence-corrected chi connectivity index (χ0v) is 15.2. The second kappa shape index (κ2) is 7.61. The highest BCUT2D eigenvalue weighted by Crippen LogP contribution is 2.20. The van der Waals surface area contributed by atoms with E-state index in [1.807, 2.05) is 12.1 Å². The Hall–Kier alpha value is -3.52. The monoisotopic (exact) mass is 396 g/mol. The van der Waals surface area contributed by atoms with Crippen molar-refractivity contribution in [2.75, 3.05) is 5.32 Å². The minimum absolute atomic E-state index is 0.115. The predicted molar refractivity (Wildman–Crippen MR) is 103 cm³/mol. The van der Waals surface area contributed by atoms with Gasteiger partial charge in [0.05, 0.1) is 12.2 Å². The first-order valence-corrected chi connectivity index (χ1v) is 8.72. The van der Waals surface area contributed by atoms with Gasteiger partial charge in [0.25, 0.3) is 5.91 Å². The van der Waals surface area contributed by atoms with Crippen LogP contribution in [0.25, 0.3) is 11.3 Å². The van der Waals surface area contributed by atoms with Crippen LogP contribution in [0.5, 0.6) is 0 Å². The van der Waals surface area contributed by atoms with Crippen LogP contribution in [0.4, 0.5) is 10.3 Å². The van der Waals surface area contributed by atoms with E-state index in [9.17, 15) is 9.18 Å². The molecular formula is C19H14ClFN6O. The molecule has 0 radical (unpaired) electrons. The summed E-state index contributed by atoms with van der Waals surface area (Å²) in [6, 6.07) is 15.1. The summed E-state index contributed by atoms with van der Waals surface area (Å²) in [6.45, 7) is 0.209. The van der Waals surface area contributed by atoms with E-state index in [0.717, 1.165) is 5.56 Å². The normalized spacial score (nSPS) is 10.8. The second-order valence-electron chi connectivity index (χ2n) is 5.99. The number of carbonyl (C=O) groups is 1. The number of hydrogen-bond donors (Lipinski definition) is 2. The second-order valence-corrected chi connectivity index (χ2v) is 6.42. The van der Waals surface area contributed by atoms with Gasteiger partial charge in [-0.2, -0.15) is 5.10 Å². The van der Waals surface area contributed by atoms with Crippen molar-refractivity contribution in [3.05, 3.63) is 83.0 Å². The third-order valence-corrected chi connectivity index (χ3v) is 4.27. The number of amides is 1. The first-order chi connectivity index (χ1) is 13.6.